The van der Waals surface area contributed by atoms with Gasteiger partial charge in [0.25, 0.3) is 0 Å². The first-order valence-electron chi connectivity index (χ1n) is 7.72. The molecule has 1 amide bonds. The van der Waals surface area contributed by atoms with Crippen LogP contribution in [0.3, 0.4) is 0 Å². The molecule has 0 saturated heterocycles. The van der Waals surface area contributed by atoms with Gasteiger partial charge < -0.3 is 9.84 Å². The Morgan fingerprint density at radius 2 is 2.04 bits per heavy atom. The highest BCUT2D eigenvalue weighted by atomic mass is 32.2. The van der Waals surface area contributed by atoms with Crippen molar-refractivity contribution in [3.05, 3.63) is 41.0 Å². The van der Waals surface area contributed by atoms with Crippen LogP contribution in [0.5, 0.6) is 0 Å². The van der Waals surface area contributed by atoms with Crippen molar-refractivity contribution >= 4 is 16.7 Å². The average Bonchev–Trinajstić information content (AvgIpc) is 2.93. The normalized spacial score (nSPS) is 12.9. The van der Waals surface area contributed by atoms with Crippen LogP contribution in [-0.4, -0.2) is 27.3 Å². The lowest BCUT2D eigenvalue weighted by Gasteiger charge is -2.20. The van der Waals surface area contributed by atoms with Crippen LogP contribution >= 0.6 is 0 Å². The van der Waals surface area contributed by atoms with Crippen LogP contribution in [0.4, 0.5) is 0 Å². The molecule has 0 spiro atoms. The maximum Gasteiger partial charge on any atom is 0.239 e. The van der Waals surface area contributed by atoms with Gasteiger partial charge in [-0.2, -0.15) is 4.98 Å². The summed E-state index contributed by atoms with van der Waals surface area (Å²) in [6, 6.07) is 6.02. The monoisotopic (exact) mass is 349 g/mol. The molecule has 1 atom stereocenters. The largest absolute Gasteiger partial charge is 0.359 e. The van der Waals surface area contributed by atoms with E-state index in [4.69, 9.17) is 4.52 Å². The molecule has 1 N–H and O–H groups in total. The number of carbonyl (C=O) groups is 1. The van der Waals surface area contributed by atoms with Gasteiger partial charge in [-0.25, -0.2) is 0 Å². The number of amides is 1. The lowest BCUT2D eigenvalue weighted by molar-refractivity contribution is -0.120. The SMILES string of the molecule is CNC(=O)Cc1noc(C[S@@](=O)c2cc(C(C)(C)C)ccc2C)n1. The summed E-state index contributed by atoms with van der Waals surface area (Å²) in [4.78, 5) is 16.2. The summed E-state index contributed by atoms with van der Waals surface area (Å²) in [7, 11) is 0.256. The Hall–Kier alpha value is -2.02. The van der Waals surface area contributed by atoms with Crippen molar-refractivity contribution in [2.45, 2.75) is 50.2 Å². The molecule has 1 aromatic carbocycles. The van der Waals surface area contributed by atoms with Gasteiger partial charge in [-0.05, 0) is 29.5 Å². The number of hydrogen-bond acceptors (Lipinski definition) is 5. The zero-order valence-electron chi connectivity index (χ0n) is 14.7. The molecule has 0 bridgehead atoms. The summed E-state index contributed by atoms with van der Waals surface area (Å²) in [6.07, 6.45) is 0.0468. The van der Waals surface area contributed by atoms with E-state index in [1.54, 1.807) is 7.05 Å². The van der Waals surface area contributed by atoms with E-state index in [0.717, 1.165) is 16.0 Å². The van der Waals surface area contributed by atoms with Gasteiger partial charge in [0.15, 0.2) is 5.82 Å². The third-order valence-corrected chi connectivity index (χ3v) is 5.10. The average molecular weight is 349 g/mol. The van der Waals surface area contributed by atoms with Crippen LogP contribution in [0.2, 0.25) is 0 Å². The van der Waals surface area contributed by atoms with Gasteiger partial charge in [-0.1, -0.05) is 38.1 Å². The summed E-state index contributed by atoms with van der Waals surface area (Å²) in [5, 5.41) is 6.25. The molecule has 0 aliphatic rings. The molecular formula is C17H23N3O3S. The summed E-state index contributed by atoms with van der Waals surface area (Å²) in [5.74, 6) is 0.501. The smallest absolute Gasteiger partial charge is 0.239 e. The number of nitrogens with one attached hydrogen (secondary N) is 1. The topological polar surface area (TPSA) is 85.1 Å². The Morgan fingerprint density at radius 3 is 2.67 bits per heavy atom. The Morgan fingerprint density at radius 1 is 1.33 bits per heavy atom. The zero-order valence-corrected chi connectivity index (χ0v) is 15.5. The first-order valence-corrected chi connectivity index (χ1v) is 9.04. The van der Waals surface area contributed by atoms with Crippen molar-refractivity contribution < 1.29 is 13.5 Å². The highest BCUT2D eigenvalue weighted by Crippen LogP contribution is 2.26. The first-order chi connectivity index (χ1) is 11.2. The Bertz CT molecular complexity index is 763. The van der Waals surface area contributed by atoms with Gasteiger partial charge in [0.05, 0.1) is 17.2 Å². The van der Waals surface area contributed by atoms with Crippen LogP contribution in [0.1, 0.15) is 43.6 Å². The van der Waals surface area contributed by atoms with Gasteiger partial charge in [-0.3, -0.25) is 9.00 Å². The lowest BCUT2D eigenvalue weighted by atomic mass is 9.87. The van der Waals surface area contributed by atoms with Gasteiger partial charge in [-0.15, -0.1) is 0 Å². The quantitative estimate of drug-likeness (QED) is 0.895. The number of carbonyl (C=O) groups excluding carboxylic acids is 1. The van der Waals surface area contributed by atoms with E-state index >= 15 is 0 Å². The van der Waals surface area contributed by atoms with E-state index in [1.165, 1.54) is 0 Å². The summed E-state index contributed by atoms with van der Waals surface area (Å²) in [5.41, 5.74) is 2.08. The number of nitrogens with zero attached hydrogens (tertiary/aromatic N) is 2. The Kier molecular flexibility index (Phi) is 5.54. The van der Waals surface area contributed by atoms with Gasteiger partial charge in [0.1, 0.15) is 5.75 Å². The fourth-order valence-corrected chi connectivity index (χ4v) is 3.34. The molecule has 0 aliphatic carbocycles. The summed E-state index contributed by atoms with van der Waals surface area (Å²) in [6.45, 7) is 8.29. The van der Waals surface area contributed by atoms with Gasteiger partial charge in [0, 0.05) is 11.9 Å². The van der Waals surface area contributed by atoms with Crippen molar-refractivity contribution in [1.29, 1.82) is 0 Å². The molecule has 1 aromatic heterocycles. The van der Waals surface area contributed by atoms with E-state index in [9.17, 15) is 9.00 Å². The van der Waals surface area contributed by atoms with Crippen LogP contribution in [0.15, 0.2) is 27.6 Å². The molecular weight excluding hydrogens is 326 g/mol. The predicted octanol–water partition coefficient (Wildman–Crippen LogP) is 2.27. The maximum absolute atomic E-state index is 12.7. The highest BCUT2D eigenvalue weighted by molar-refractivity contribution is 7.84. The van der Waals surface area contributed by atoms with Crippen molar-refractivity contribution in [1.82, 2.24) is 15.5 Å². The second-order valence-corrected chi connectivity index (χ2v) is 8.09. The molecule has 0 saturated carbocycles. The van der Waals surface area contributed by atoms with Crippen molar-refractivity contribution in [3.8, 4) is 0 Å². The predicted molar refractivity (Wildman–Crippen MR) is 92.1 cm³/mol. The molecule has 2 rings (SSSR count). The molecule has 1 heterocycles. The third kappa shape index (κ3) is 4.50. The van der Waals surface area contributed by atoms with Gasteiger partial charge in [0.2, 0.25) is 11.8 Å². The number of benzene rings is 1. The standard InChI is InChI=1S/C17H23N3O3S/c1-11-6-7-12(17(2,3)4)8-13(11)24(22)10-16-19-14(20-23-16)9-15(21)18-5/h6-8H,9-10H2,1-5H3,(H,18,21)/t24-/m1/s1. The van der Waals surface area contributed by atoms with E-state index in [-0.39, 0.29) is 29.4 Å². The summed E-state index contributed by atoms with van der Waals surface area (Å²) < 4.78 is 17.8. The van der Waals surface area contributed by atoms with Crippen LogP contribution in [0, 0.1) is 6.92 Å². The molecule has 7 heteroatoms. The molecule has 0 unspecified atom stereocenters. The Balaban J connectivity index is 2.17. The molecule has 0 fully saturated rings. The van der Waals surface area contributed by atoms with Gasteiger partial charge >= 0.3 is 0 Å². The fraction of sp³-hybridized carbons (Fsp3) is 0.471. The van der Waals surface area contributed by atoms with Crippen LogP contribution < -0.4 is 5.32 Å². The minimum Gasteiger partial charge on any atom is -0.359 e. The van der Waals surface area contributed by atoms with Crippen molar-refractivity contribution in [2.75, 3.05) is 7.05 Å². The molecule has 0 radical (unpaired) electrons. The number of aryl methyl sites for hydroxylation is 1. The number of rotatable bonds is 5. The number of likely N-dealkylation sites (N-methyl/N-ethyl adjacent to an activating group) is 1. The molecule has 24 heavy (non-hydrogen) atoms. The second kappa shape index (κ2) is 7.25. The van der Waals surface area contributed by atoms with E-state index in [1.807, 2.05) is 19.1 Å². The zero-order chi connectivity index (χ0) is 17.9. The number of hydrogen-bond donors (Lipinski definition) is 1. The summed E-state index contributed by atoms with van der Waals surface area (Å²) >= 11 is 0. The Labute approximate surface area is 144 Å². The fourth-order valence-electron chi connectivity index (χ4n) is 2.15. The van der Waals surface area contributed by atoms with Crippen molar-refractivity contribution in [2.24, 2.45) is 0 Å². The molecule has 130 valence electrons. The third-order valence-electron chi connectivity index (χ3n) is 3.66. The second-order valence-electron chi connectivity index (χ2n) is 6.67. The van der Waals surface area contributed by atoms with Crippen LogP contribution in [0.25, 0.3) is 0 Å². The molecule has 6 nitrogen and oxygen atoms in total. The molecule has 2 aromatic rings. The highest BCUT2D eigenvalue weighted by Gasteiger charge is 2.19. The van der Waals surface area contributed by atoms with E-state index < -0.39 is 10.8 Å². The first kappa shape index (κ1) is 18.3. The lowest BCUT2D eigenvalue weighted by Crippen LogP contribution is -2.20. The van der Waals surface area contributed by atoms with Crippen molar-refractivity contribution in [3.63, 3.8) is 0 Å². The number of aromatic nitrogens is 2. The minimum atomic E-state index is -1.29. The minimum absolute atomic E-state index is 0.0161. The maximum atomic E-state index is 12.7. The van der Waals surface area contributed by atoms with E-state index in [2.05, 4.69) is 42.3 Å². The molecule has 0 aliphatic heterocycles. The van der Waals surface area contributed by atoms with E-state index in [0.29, 0.717) is 5.82 Å². The van der Waals surface area contributed by atoms with Crippen LogP contribution in [-0.2, 0) is 33.2 Å².